The lowest BCUT2D eigenvalue weighted by atomic mass is 9.84. The molecule has 0 aromatic rings. The monoisotopic (exact) mass is 175 g/mol. The molecule has 72 valence electrons. The standard InChI is InChI=1S/C9H18FNO/c1-7(10)4-9-5-11-3-2-8(9)6-12/h7-9,11-12H,2-6H2,1H3. The third kappa shape index (κ3) is 2.72. The van der Waals surface area contributed by atoms with E-state index in [2.05, 4.69) is 5.32 Å². The summed E-state index contributed by atoms with van der Waals surface area (Å²) in [4.78, 5) is 0. The van der Waals surface area contributed by atoms with Crippen LogP contribution in [0.3, 0.4) is 0 Å². The molecule has 1 fully saturated rings. The molecular weight excluding hydrogens is 157 g/mol. The first kappa shape index (κ1) is 9.93. The molecule has 0 aliphatic carbocycles. The smallest absolute Gasteiger partial charge is 0.0976 e. The molecule has 1 aliphatic rings. The van der Waals surface area contributed by atoms with Crippen LogP contribution in [0, 0.1) is 11.8 Å². The zero-order valence-electron chi connectivity index (χ0n) is 7.59. The van der Waals surface area contributed by atoms with Crippen LogP contribution in [-0.2, 0) is 0 Å². The van der Waals surface area contributed by atoms with E-state index < -0.39 is 6.17 Å². The third-order valence-electron chi connectivity index (χ3n) is 2.63. The molecule has 0 radical (unpaired) electrons. The minimum Gasteiger partial charge on any atom is -0.396 e. The van der Waals surface area contributed by atoms with Crippen molar-refractivity contribution in [3.05, 3.63) is 0 Å². The van der Waals surface area contributed by atoms with Crippen molar-refractivity contribution in [1.82, 2.24) is 5.32 Å². The first-order chi connectivity index (χ1) is 5.74. The highest BCUT2D eigenvalue weighted by Crippen LogP contribution is 2.23. The van der Waals surface area contributed by atoms with Crippen molar-refractivity contribution in [3.8, 4) is 0 Å². The quantitative estimate of drug-likeness (QED) is 0.669. The highest BCUT2D eigenvalue weighted by atomic mass is 19.1. The van der Waals surface area contributed by atoms with Crippen molar-refractivity contribution in [2.45, 2.75) is 25.9 Å². The fraction of sp³-hybridized carbons (Fsp3) is 1.00. The van der Waals surface area contributed by atoms with Crippen LogP contribution in [0.1, 0.15) is 19.8 Å². The molecule has 1 heterocycles. The summed E-state index contributed by atoms with van der Waals surface area (Å²) in [5.74, 6) is 0.633. The summed E-state index contributed by atoms with van der Waals surface area (Å²) in [6, 6.07) is 0. The van der Waals surface area contributed by atoms with E-state index in [1.165, 1.54) is 0 Å². The summed E-state index contributed by atoms with van der Waals surface area (Å²) >= 11 is 0. The highest BCUT2D eigenvalue weighted by Gasteiger charge is 2.25. The van der Waals surface area contributed by atoms with Crippen LogP contribution in [0.2, 0.25) is 0 Å². The predicted molar refractivity (Wildman–Crippen MR) is 46.7 cm³/mol. The molecule has 2 nitrogen and oxygen atoms in total. The number of alkyl halides is 1. The van der Waals surface area contributed by atoms with E-state index in [0.29, 0.717) is 18.3 Å². The summed E-state index contributed by atoms with van der Waals surface area (Å²) in [5, 5.41) is 12.3. The molecule has 2 N–H and O–H groups in total. The largest absolute Gasteiger partial charge is 0.396 e. The van der Waals surface area contributed by atoms with Crippen molar-refractivity contribution < 1.29 is 9.50 Å². The SMILES string of the molecule is CC(F)CC1CNCCC1CO. The molecule has 0 spiro atoms. The molecule has 3 heteroatoms. The number of hydrogen-bond acceptors (Lipinski definition) is 2. The topological polar surface area (TPSA) is 32.3 Å². The van der Waals surface area contributed by atoms with Gasteiger partial charge < -0.3 is 10.4 Å². The number of nitrogens with one attached hydrogen (secondary N) is 1. The summed E-state index contributed by atoms with van der Waals surface area (Å²) in [5.41, 5.74) is 0. The van der Waals surface area contributed by atoms with Gasteiger partial charge in [0.05, 0.1) is 6.17 Å². The van der Waals surface area contributed by atoms with E-state index in [1.807, 2.05) is 0 Å². The number of halogens is 1. The molecule has 1 saturated heterocycles. The molecule has 0 bridgehead atoms. The Bertz CT molecular complexity index is 130. The predicted octanol–water partition coefficient (Wildman–Crippen LogP) is 0.952. The van der Waals surface area contributed by atoms with Crippen LogP contribution in [-0.4, -0.2) is 31.0 Å². The minimum atomic E-state index is -0.746. The van der Waals surface area contributed by atoms with Gasteiger partial charge in [-0.3, -0.25) is 0 Å². The molecule has 3 unspecified atom stereocenters. The van der Waals surface area contributed by atoms with E-state index in [0.717, 1.165) is 19.5 Å². The van der Waals surface area contributed by atoms with Crippen LogP contribution < -0.4 is 5.32 Å². The molecule has 3 atom stereocenters. The first-order valence-corrected chi connectivity index (χ1v) is 4.69. The molecule has 0 aromatic heterocycles. The molecule has 1 aliphatic heterocycles. The molecular formula is C9H18FNO. The van der Waals surface area contributed by atoms with Crippen molar-refractivity contribution in [2.75, 3.05) is 19.7 Å². The van der Waals surface area contributed by atoms with E-state index in [-0.39, 0.29) is 6.61 Å². The lowest BCUT2D eigenvalue weighted by Gasteiger charge is -2.31. The van der Waals surface area contributed by atoms with Crippen LogP contribution in [0.25, 0.3) is 0 Å². The maximum absolute atomic E-state index is 12.7. The van der Waals surface area contributed by atoms with Gasteiger partial charge in [-0.2, -0.15) is 0 Å². The summed E-state index contributed by atoms with van der Waals surface area (Å²) in [6.07, 6.45) is 0.815. The Balaban J connectivity index is 2.36. The second-order valence-electron chi connectivity index (χ2n) is 3.71. The van der Waals surface area contributed by atoms with Gasteiger partial charge in [0, 0.05) is 6.61 Å². The number of rotatable bonds is 3. The summed E-state index contributed by atoms with van der Waals surface area (Å²) in [7, 11) is 0. The van der Waals surface area contributed by atoms with Crippen molar-refractivity contribution in [1.29, 1.82) is 0 Å². The van der Waals surface area contributed by atoms with Gasteiger partial charge in [-0.05, 0) is 44.7 Å². The van der Waals surface area contributed by atoms with Gasteiger partial charge in [-0.1, -0.05) is 0 Å². The number of aliphatic hydroxyl groups excluding tert-OH is 1. The Morgan fingerprint density at radius 2 is 2.33 bits per heavy atom. The summed E-state index contributed by atoms with van der Waals surface area (Å²) < 4.78 is 12.7. The van der Waals surface area contributed by atoms with Gasteiger partial charge in [-0.25, -0.2) is 4.39 Å². The first-order valence-electron chi connectivity index (χ1n) is 4.69. The van der Waals surface area contributed by atoms with Gasteiger partial charge in [0.15, 0.2) is 0 Å². The molecule has 1 rings (SSSR count). The maximum Gasteiger partial charge on any atom is 0.0976 e. The zero-order chi connectivity index (χ0) is 8.97. The van der Waals surface area contributed by atoms with E-state index in [9.17, 15) is 4.39 Å². The van der Waals surface area contributed by atoms with Crippen molar-refractivity contribution >= 4 is 0 Å². The fourth-order valence-corrected chi connectivity index (χ4v) is 1.91. The lowest BCUT2D eigenvalue weighted by Crippen LogP contribution is -2.39. The van der Waals surface area contributed by atoms with Crippen molar-refractivity contribution in [2.24, 2.45) is 11.8 Å². The van der Waals surface area contributed by atoms with Gasteiger partial charge in [0.25, 0.3) is 0 Å². The van der Waals surface area contributed by atoms with E-state index >= 15 is 0 Å². The summed E-state index contributed by atoms with van der Waals surface area (Å²) in [6.45, 7) is 3.62. The highest BCUT2D eigenvalue weighted by molar-refractivity contribution is 4.78. The molecule has 0 aromatic carbocycles. The Morgan fingerprint density at radius 1 is 1.58 bits per heavy atom. The van der Waals surface area contributed by atoms with Gasteiger partial charge in [0.1, 0.15) is 0 Å². The molecule has 0 amide bonds. The average Bonchev–Trinajstić information content (AvgIpc) is 2.04. The van der Waals surface area contributed by atoms with E-state index in [1.54, 1.807) is 6.92 Å². The van der Waals surface area contributed by atoms with Crippen LogP contribution in [0.5, 0.6) is 0 Å². The second-order valence-corrected chi connectivity index (χ2v) is 3.71. The lowest BCUT2D eigenvalue weighted by molar-refractivity contribution is 0.120. The van der Waals surface area contributed by atoms with Gasteiger partial charge in [-0.15, -0.1) is 0 Å². The number of aliphatic hydroxyl groups is 1. The fourth-order valence-electron chi connectivity index (χ4n) is 1.91. The number of hydrogen-bond donors (Lipinski definition) is 2. The van der Waals surface area contributed by atoms with Crippen LogP contribution in [0.15, 0.2) is 0 Å². The Hall–Kier alpha value is -0.150. The van der Waals surface area contributed by atoms with Crippen LogP contribution >= 0.6 is 0 Å². The molecule has 12 heavy (non-hydrogen) atoms. The minimum absolute atomic E-state index is 0.207. The maximum atomic E-state index is 12.7. The van der Waals surface area contributed by atoms with Gasteiger partial charge in [0.2, 0.25) is 0 Å². The van der Waals surface area contributed by atoms with Crippen molar-refractivity contribution in [3.63, 3.8) is 0 Å². The van der Waals surface area contributed by atoms with E-state index in [4.69, 9.17) is 5.11 Å². The Kier molecular flexibility index (Phi) is 3.95. The number of piperidine rings is 1. The Morgan fingerprint density at radius 3 is 2.92 bits per heavy atom. The second kappa shape index (κ2) is 4.77. The normalized spacial score (nSPS) is 33.2. The van der Waals surface area contributed by atoms with Gasteiger partial charge >= 0.3 is 0 Å². The van der Waals surface area contributed by atoms with Crippen LogP contribution in [0.4, 0.5) is 4.39 Å². The third-order valence-corrected chi connectivity index (χ3v) is 2.63. The zero-order valence-corrected chi connectivity index (χ0v) is 7.59. The molecule has 0 saturated carbocycles. The Labute approximate surface area is 73.2 Å². The average molecular weight is 175 g/mol.